The standard InChI is InChI=1S/C17H17F4NO3S/c1-4-10-5-7-11(8-6-10)9-22(2)26(23,24)17-14(20)12(18)16(25-3)13(19)15(17)21/h5-8H,4,9H2,1-3H3. The van der Waals surface area contributed by atoms with Crippen molar-refractivity contribution in [2.45, 2.75) is 24.8 Å². The van der Waals surface area contributed by atoms with Gasteiger partial charge >= 0.3 is 0 Å². The number of rotatable bonds is 6. The van der Waals surface area contributed by atoms with Gasteiger partial charge in [-0.05, 0) is 17.5 Å². The van der Waals surface area contributed by atoms with E-state index in [2.05, 4.69) is 4.74 Å². The number of methoxy groups -OCH3 is 1. The van der Waals surface area contributed by atoms with Crippen molar-refractivity contribution in [3.8, 4) is 5.75 Å². The molecule has 9 heteroatoms. The Morgan fingerprint density at radius 2 is 1.38 bits per heavy atom. The zero-order valence-electron chi connectivity index (χ0n) is 14.3. The van der Waals surface area contributed by atoms with Crippen LogP contribution < -0.4 is 4.74 Å². The molecule has 0 aliphatic rings. The van der Waals surface area contributed by atoms with E-state index in [0.717, 1.165) is 26.1 Å². The summed E-state index contributed by atoms with van der Waals surface area (Å²) in [6, 6.07) is 6.88. The third-order valence-electron chi connectivity index (χ3n) is 3.89. The molecule has 2 aromatic rings. The first-order valence-corrected chi connectivity index (χ1v) is 9.03. The van der Waals surface area contributed by atoms with Crippen LogP contribution in [-0.2, 0) is 23.0 Å². The van der Waals surface area contributed by atoms with Gasteiger partial charge in [0.15, 0.2) is 22.3 Å². The molecule has 0 amide bonds. The van der Waals surface area contributed by atoms with Gasteiger partial charge in [-0.1, -0.05) is 31.2 Å². The Kier molecular flexibility index (Phi) is 5.92. The van der Waals surface area contributed by atoms with E-state index in [4.69, 9.17) is 0 Å². The molecule has 0 atom stereocenters. The summed E-state index contributed by atoms with van der Waals surface area (Å²) in [5.74, 6) is -9.21. The first-order chi connectivity index (χ1) is 12.1. The van der Waals surface area contributed by atoms with Crippen LogP contribution in [0.3, 0.4) is 0 Å². The van der Waals surface area contributed by atoms with Crippen molar-refractivity contribution in [2.24, 2.45) is 0 Å². The predicted molar refractivity (Wildman–Crippen MR) is 87.3 cm³/mol. The van der Waals surface area contributed by atoms with Gasteiger partial charge in [-0.2, -0.15) is 13.1 Å². The maximum absolute atomic E-state index is 14.1. The quantitative estimate of drug-likeness (QED) is 0.558. The van der Waals surface area contributed by atoms with Crippen molar-refractivity contribution in [2.75, 3.05) is 14.2 Å². The monoisotopic (exact) mass is 391 g/mol. The number of hydrogen-bond acceptors (Lipinski definition) is 3. The van der Waals surface area contributed by atoms with E-state index in [0.29, 0.717) is 9.87 Å². The van der Waals surface area contributed by atoms with E-state index in [1.165, 1.54) is 0 Å². The number of halogens is 4. The van der Waals surface area contributed by atoms with Crippen LogP contribution in [0.25, 0.3) is 0 Å². The minimum atomic E-state index is -4.84. The van der Waals surface area contributed by atoms with Gasteiger partial charge in [-0.15, -0.1) is 0 Å². The fraction of sp³-hybridized carbons (Fsp3) is 0.294. The van der Waals surface area contributed by atoms with Gasteiger partial charge < -0.3 is 4.74 Å². The Morgan fingerprint density at radius 3 is 1.81 bits per heavy atom. The van der Waals surface area contributed by atoms with Gasteiger partial charge in [0, 0.05) is 13.6 Å². The molecule has 0 N–H and O–H groups in total. The first kappa shape index (κ1) is 20.2. The minimum absolute atomic E-state index is 0.236. The van der Waals surface area contributed by atoms with Crippen molar-refractivity contribution < 1.29 is 30.7 Å². The smallest absolute Gasteiger partial charge is 0.249 e. The SMILES string of the molecule is CCc1ccc(CN(C)S(=O)(=O)c2c(F)c(F)c(OC)c(F)c2F)cc1. The van der Waals surface area contributed by atoms with E-state index in [9.17, 15) is 26.0 Å². The third kappa shape index (κ3) is 3.54. The molecule has 0 unspecified atom stereocenters. The van der Waals surface area contributed by atoms with E-state index in [-0.39, 0.29) is 6.54 Å². The largest absolute Gasteiger partial charge is 0.491 e. The normalized spacial score (nSPS) is 11.8. The van der Waals surface area contributed by atoms with Crippen molar-refractivity contribution in [3.63, 3.8) is 0 Å². The molecule has 0 aliphatic carbocycles. The van der Waals surface area contributed by atoms with Crippen LogP contribution in [0.5, 0.6) is 5.75 Å². The topological polar surface area (TPSA) is 46.6 Å². The van der Waals surface area contributed by atoms with E-state index in [1.54, 1.807) is 24.3 Å². The number of ether oxygens (including phenoxy) is 1. The molecule has 4 nitrogen and oxygen atoms in total. The predicted octanol–water partition coefficient (Wildman–Crippen LogP) is 3.63. The van der Waals surface area contributed by atoms with Gasteiger partial charge in [0.1, 0.15) is 0 Å². The van der Waals surface area contributed by atoms with Crippen molar-refractivity contribution in [3.05, 3.63) is 58.7 Å². The van der Waals surface area contributed by atoms with Crippen molar-refractivity contribution in [1.82, 2.24) is 4.31 Å². The summed E-state index contributed by atoms with van der Waals surface area (Å²) in [5.41, 5.74) is 1.57. The molecular formula is C17H17F4NO3S. The molecule has 0 aromatic heterocycles. The Morgan fingerprint density at radius 1 is 0.923 bits per heavy atom. The molecule has 0 saturated heterocycles. The van der Waals surface area contributed by atoms with Crippen LogP contribution in [0.4, 0.5) is 17.6 Å². The van der Waals surface area contributed by atoms with Crippen LogP contribution in [0, 0.1) is 23.3 Å². The second kappa shape index (κ2) is 7.63. The summed E-state index contributed by atoms with van der Waals surface area (Å²) in [5, 5.41) is 0. The number of hydrogen-bond donors (Lipinski definition) is 0. The van der Waals surface area contributed by atoms with Gasteiger partial charge in [0.05, 0.1) is 7.11 Å². The molecule has 2 rings (SSSR count). The maximum atomic E-state index is 14.1. The Balaban J connectivity index is 2.46. The highest BCUT2D eigenvalue weighted by Crippen LogP contribution is 2.33. The second-order valence-electron chi connectivity index (χ2n) is 5.55. The highest BCUT2D eigenvalue weighted by molar-refractivity contribution is 7.89. The number of sulfonamides is 1. The lowest BCUT2D eigenvalue weighted by atomic mass is 10.1. The summed E-state index contributed by atoms with van der Waals surface area (Å²) in [6.07, 6.45) is 0.787. The number of nitrogens with zero attached hydrogens (tertiary/aromatic N) is 1. The number of aryl methyl sites for hydroxylation is 1. The minimum Gasteiger partial charge on any atom is -0.491 e. The summed E-state index contributed by atoms with van der Waals surface area (Å²) in [7, 11) is -2.97. The average Bonchev–Trinajstić information content (AvgIpc) is 2.61. The first-order valence-electron chi connectivity index (χ1n) is 7.59. The molecule has 0 heterocycles. The molecule has 142 valence electrons. The summed E-state index contributed by atoms with van der Waals surface area (Å²) in [4.78, 5) is -1.69. The Bertz CT molecular complexity index is 886. The van der Waals surface area contributed by atoms with Crippen molar-refractivity contribution in [1.29, 1.82) is 0 Å². The zero-order chi connectivity index (χ0) is 19.6. The highest BCUT2D eigenvalue weighted by atomic mass is 32.2. The molecule has 0 aliphatic heterocycles. The lowest BCUT2D eigenvalue weighted by Gasteiger charge is -2.19. The van der Waals surface area contributed by atoms with Crippen LogP contribution in [0.1, 0.15) is 18.1 Å². The lowest BCUT2D eigenvalue weighted by Crippen LogP contribution is -2.29. The van der Waals surface area contributed by atoms with Crippen LogP contribution in [0.15, 0.2) is 29.2 Å². The fourth-order valence-electron chi connectivity index (χ4n) is 2.38. The Labute approximate surface area is 149 Å². The lowest BCUT2D eigenvalue weighted by molar-refractivity contribution is 0.320. The van der Waals surface area contributed by atoms with Crippen LogP contribution in [0.2, 0.25) is 0 Å². The maximum Gasteiger partial charge on any atom is 0.249 e. The molecule has 0 fully saturated rings. The molecule has 26 heavy (non-hydrogen) atoms. The van der Waals surface area contributed by atoms with Crippen molar-refractivity contribution >= 4 is 10.0 Å². The van der Waals surface area contributed by atoms with Gasteiger partial charge in [0.25, 0.3) is 0 Å². The van der Waals surface area contributed by atoms with E-state index in [1.807, 2.05) is 6.92 Å². The van der Waals surface area contributed by atoms with E-state index >= 15 is 0 Å². The van der Waals surface area contributed by atoms with Gasteiger partial charge in [0.2, 0.25) is 21.7 Å². The third-order valence-corrected chi connectivity index (χ3v) is 5.72. The summed E-state index contributed by atoms with van der Waals surface area (Å²) in [6.45, 7) is 1.71. The molecule has 0 saturated carbocycles. The molecule has 0 spiro atoms. The van der Waals surface area contributed by atoms with Gasteiger partial charge in [-0.3, -0.25) is 0 Å². The molecule has 0 radical (unpaired) electrons. The summed E-state index contributed by atoms with van der Waals surface area (Å²) >= 11 is 0. The molecule has 0 bridgehead atoms. The van der Waals surface area contributed by atoms with E-state index < -0.39 is 43.9 Å². The molecular weight excluding hydrogens is 374 g/mol. The van der Waals surface area contributed by atoms with Crippen LogP contribution in [-0.4, -0.2) is 26.9 Å². The zero-order valence-corrected chi connectivity index (χ0v) is 15.1. The second-order valence-corrected chi connectivity index (χ2v) is 7.53. The average molecular weight is 391 g/mol. The number of benzene rings is 2. The fourth-order valence-corrected chi connectivity index (χ4v) is 3.64. The summed E-state index contributed by atoms with van der Waals surface area (Å²) < 4.78 is 85.7. The van der Waals surface area contributed by atoms with Crippen LogP contribution >= 0.6 is 0 Å². The molecule has 2 aromatic carbocycles. The van der Waals surface area contributed by atoms with Gasteiger partial charge in [-0.25, -0.2) is 17.2 Å². The Hall–Kier alpha value is -2.13. The highest BCUT2D eigenvalue weighted by Gasteiger charge is 2.36.